The molecule has 0 aliphatic rings. The molecule has 0 saturated carbocycles. The lowest BCUT2D eigenvalue weighted by Crippen LogP contribution is -2.20. The van der Waals surface area contributed by atoms with E-state index in [1.54, 1.807) is 0 Å². The summed E-state index contributed by atoms with van der Waals surface area (Å²) < 4.78 is 11.6. The highest BCUT2D eigenvalue weighted by molar-refractivity contribution is 5.98. The van der Waals surface area contributed by atoms with E-state index >= 15 is 0 Å². The van der Waals surface area contributed by atoms with Crippen LogP contribution in [0.5, 0.6) is 11.5 Å². The first-order valence-electron chi connectivity index (χ1n) is 15.6. The number of hydroxylamine groups is 2. The number of benzene rings is 4. The van der Waals surface area contributed by atoms with Gasteiger partial charge in [-0.3, -0.25) is 29.6 Å². The fourth-order valence-corrected chi connectivity index (χ4v) is 4.37. The highest BCUT2D eigenvalue weighted by atomic mass is 16.5. The smallest absolute Gasteiger partial charge is 0.274 e. The van der Waals surface area contributed by atoms with Gasteiger partial charge in [-0.1, -0.05) is 0 Å². The molecule has 0 fully saturated rings. The summed E-state index contributed by atoms with van der Waals surface area (Å²) in [4.78, 5) is 47.2. The first kappa shape index (κ1) is 36.5. The second-order valence-electron chi connectivity index (χ2n) is 10.7. The number of ether oxygens (including phenoxy) is 2. The number of hydrogen-bond donors (Lipinski definition) is 6. The largest absolute Gasteiger partial charge is 0.494 e. The average molecular weight is 681 g/mol. The third-order valence-corrected chi connectivity index (χ3v) is 7.12. The molecule has 50 heavy (non-hydrogen) atoms. The van der Waals surface area contributed by atoms with Crippen molar-refractivity contribution in [1.29, 1.82) is 0 Å². The standard InChI is InChI=1S/C36H36N6O8/c43-33(27-9-13-29(14-10-27)35(45)41-47)39-37-23-25-5-17-31(18-6-25)49-21-3-1-2-4-22-50-32-19-7-26(8-20-32)24-38-40-34(44)28-11-15-30(16-12-28)36(46)42-48/h5-20,23-24,47-48H,1-4,21-22H2,(H,39,43)(H,40,44)(H,41,45)(H,42,46)/b37-23+,38-24+. The summed E-state index contributed by atoms with van der Waals surface area (Å²) in [5, 5.41) is 25.2. The predicted molar refractivity (Wildman–Crippen MR) is 184 cm³/mol. The molecule has 0 aromatic heterocycles. The molecule has 4 amide bonds. The van der Waals surface area contributed by atoms with Crippen LogP contribution in [-0.4, -0.2) is 59.7 Å². The third kappa shape index (κ3) is 11.7. The molecule has 0 aliphatic carbocycles. The first-order valence-corrected chi connectivity index (χ1v) is 15.6. The summed E-state index contributed by atoms with van der Waals surface area (Å²) in [6.45, 7) is 1.17. The van der Waals surface area contributed by atoms with Crippen molar-refractivity contribution in [3.63, 3.8) is 0 Å². The van der Waals surface area contributed by atoms with Crippen LogP contribution in [0.15, 0.2) is 107 Å². The lowest BCUT2D eigenvalue weighted by atomic mass is 10.1. The van der Waals surface area contributed by atoms with Gasteiger partial charge in [-0.25, -0.2) is 21.8 Å². The maximum absolute atomic E-state index is 12.2. The van der Waals surface area contributed by atoms with Crippen molar-refractivity contribution in [1.82, 2.24) is 21.8 Å². The highest BCUT2D eigenvalue weighted by Gasteiger charge is 2.09. The Kier molecular flexibility index (Phi) is 14.2. The molecule has 0 radical (unpaired) electrons. The molecular formula is C36H36N6O8. The Balaban J connectivity index is 1.04. The second kappa shape index (κ2) is 19.4. The fourth-order valence-electron chi connectivity index (χ4n) is 4.37. The molecule has 0 bridgehead atoms. The lowest BCUT2D eigenvalue weighted by molar-refractivity contribution is 0.0702. The predicted octanol–water partition coefficient (Wildman–Crippen LogP) is 4.47. The van der Waals surface area contributed by atoms with Crippen LogP contribution in [0.2, 0.25) is 0 Å². The Morgan fingerprint density at radius 2 is 0.800 bits per heavy atom. The topological polar surface area (TPSA) is 200 Å². The molecule has 258 valence electrons. The van der Waals surface area contributed by atoms with Gasteiger partial charge < -0.3 is 9.47 Å². The van der Waals surface area contributed by atoms with Gasteiger partial charge in [-0.15, -0.1) is 0 Å². The third-order valence-electron chi connectivity index (χ3n) is 7.12. The highest BCUT2D eigenvalue weighted by Crippen LogP contribution is 2.14. The minimum atomic E-state index is -0.665. The van der Waals surface area contributed by atoms with Crippen LogP contribution in [-0.2, 0) is 0 Å². The van der Waals surface area contributed by atoms with Crippen molar-refractivity contribution in [3.8, 4) is 11.5 Å². The Labute approximate surface area is 287 Å². The summed E-state index contributed by atoms with van der Waals surface area (Å²) in [6, 6.07) is 26.1. The van der Waals surface area contributed by atoms with Crippen molar-refractivity contribution in [3.05, 3.63) is 130 Å². The molecule has 0 unspecified atom stereocenters. The van der Waals surface area contributed by atoms with E-state index < -0.39 is 23.6 Å². The van der Waals surface area contributed by atoms with Gasteiger partial charge in [0.05, 0.1) is 25.6 Å². The van der Waals surface area contributed by atoms with Crippen LogP contribution in [0.3, 0.4) is 0 Å². The van der Waals surface area contributed by atoms with Gasteiger partial charge in [0.2, 0.25) is 0 Å². The van der Waals surface area contributed by atoms with Crippen molar-refractivity contribution >= 4 is 36.1 Å². The number of nitrogens with zero attached hydrogens (tertiary/aromatic N) is 2. The summed E-state index contributed by atoms with van der Waals surface area (Å²) in [7, 11) is 0. The van der Waals surface area contributed by atoms with Crippen LogP contribution in [0.25, 0.3) is 0 Å². The van der Waals surface area contributed by atoms with Gasteiger partial charge in [0.25, 0.3) is 23.6 Å². The van der Waals surface area contributed by atoms with Crippen molar-refractivity contribution in [2.75, 3.05) is 13.2 Å². The molecule has 14 heteroatoms. The minimum Gasteiger partial charge on any atom is -0.494 e. The van der Waals surface area contributed by atoms with E-state index in [0.717, 1.165) is 48.3 Å². The molecular weight excluding hydrogens is 644 g/mol. The molecule has 0 spiro atoms. The van der Waals surface area contributed by atoms with Crippen molar-refractivity contribution in [2.45, 2.75) is 25.7 Å². The molecule has 0 saturated heterocycles. The van der Waals surface area contributed by atoms with Crippen LogP contribution >= 0.6 is 0 Å². The maximum Gasteiger partial charge on any atom is 0.274 e. The molecule has 6 N–H and O–H groups in total. The van der Waals surface area contributed by atoms with Crippen molar-refractivity contribution in [2.24, 2.45) is 10.2 Å². The minimum absolute atomic E-state index is 0.219. The number of amides is 4. The number of rotatable bonds is 17. The fraction of sp³-hybridized carbons (Fsp3) is 0.167. The van der Waals surface area contributed by atoms with E-state index in [2.05, 4.69) is 21.1 Å². The van der Waals surface area contributed by atoms with Gasteiger partial charge in [0, 0.05) is 22.3 Å². The monoisotopic (exact) mass is 680 g/mol. The molecule has 4 rings (SSSR count). The number of hydrazone groups is 2. The van der Waals surface area contributed by atoms with Gasteiger partial charge in [-0.2, -0.15) is 10.2 Å². The van der Waals surface area contributed by atoms with E-state index in [1.807, 2.05) is 48.5 Å². The van der Waals surface area contributed by atoms with E-state index in [4.69, 9.17) is 19.9 Å². The Morgan fingerprint density at radius 3 is 1.12 bits per heavy atom. The SMILES string of the molecule is O=C(NO)c1ccc(C(=O)N/N=C/c2ccc(OCCCCCCOc3ccc(/C=N/NC(=O)c4ccc(C(=O)NO)cc4)cc3)cc2)cc1. The van der Waals surface area contributed by atoms with Gasteiger partial charge >= 0.3 is 0 Å². The Hall–Kier alpha value is -6.38. The molecule has 4 aromatic rings. The van der Waals surface area contributed by atoms with E-state index in [9.17, 15) is 19.2 Å². The van der Waals surface area contributed by atoms with E-state index in [0.29, 0.717) is 24.3 Å². The van der Waals surface area contributed by atoms with E-state index in [1.165, 1.54) is 71.9 Å². The van der Waals surface area contributed by atoms with Crippen LogP contribution in [0, 0.1) is 0 Å². The zero-order valence-corrected chi connectivity index (χ0v) is 26.9. The average Bonchev–Trinajstić information content (AvgIpc) is 3.16. The normalized spacial score (nSPS) is 10.8. The van der Waals surface area contributed by atoms with Crippen molar-refractivity contribution < 1.29 is 39.1 Å². The number of hydrogen-bond acceptors (Lipinski definition) is 10. The zero-order chi connectivity index (χ0) is 35.6. The Bertz CT molecular complexity index is 1640. The first-order chi connectivity index (χ1) is 24.4. The number of carbonyl (C=O) groups is 4. The quantitative estimate of drug-likeness (QED) is 0.0406. The second-order valence-corrected chi connectivity index (χ2v) is 10.7. The molecule has 0 heterocycles. The lowest BCUT2D eigenvalue weighted by Gasteiger charge is -2.08. The molecule has 0 aliphatic heterocycles. The molecule has 4 aromatic carbocycles. The summed E-state index contributed by atoms with van der Waals surface area (Å²) >= 11 is 0. The zero-order valence-electron chi connectivity index (χ0n) is 26.9. The summed E-state index contributed by atoms with van der Waals surface area (Å²) in [5.74, 6) is -0.738. The van der Waals surface area contributed by atoms with Gasteiger partial charge in [0.1, 0.15) is 11.5 Å². The van der Waals surface area contributed by atoms with Crippen LogP contribution < -0.4 is 31.3 Å². The number of carbonyl (C=O) groups excluding carboxylic acids is 4. The van der Waals surface area contributed by atoms with Crippen LogP contribution in [0.1, 0.15) is 78.2 Å². The molecule has 0 atom stereocenters. The molecule has 14 nitrogen and oxygen atoms in total. The van der Waals surface area contributed by atoms with Gasteiger partial charge in [0.15, 0.2) is 0 Å². The summed E-state index contributed by atoms with van der Waals surface area (Å²) in [6.07, 6.45) is 6.81. The Morgan fingerprint density at radius 1 is 0.480 bits per heavy atom. The summed E-state index contributed by atoms with van der Waals surface area (Å²) in [5.41, 5.74) is 10.5. The van der Waals surface area contributed by atoms with E-state index in [-0.39, 0.29) is 11.1 Å². The maximum atomic E-state index is 12.2. The number of nitrogens with one attached hydrogen (secondary N) is 4. The van der Waals surface area contributed by atoms with Crippen LogP contribution in [0.4, 0.5) is 0 Å². The number of unbranched alkanes of at least 4 members (excludes halogenated alkanes) is 3. The van der Waals surface area contributed by atoms with Gasteiger partial charge in [-0.05, 0) is 134 Å².